The molecule has 2 saturated carbocycles. The maximum Gasteiger partial charge on any atom is 0.305 e. The van der Waals surface area contributed by atoms with Crippen molar-refractivity contribution in [3.05, 3.63) is 42.0 Å². The number of nitrogens with two attached hydrogens (primary N) is 1. The fourth-order valence-electron chi connectivity index (χ4n) is 11.7. The second-order valence-corrected chi connectivity index (χ2v) is 33.7. The molecule has 0 bridgehead atoms. The van der Waals surface area contributed by atoms with Gasteiger partial charge >= 0.3 is 5.97 Å². The van der Waals surface area contributed by atoms with E-state index in [1.807, 2.05) is 13.8 Å². The summed E-state index contributed by atoms with van der Waals surface area (Å²) >= 11 is 0. The molecule has 0 amide bonds. The van der Waals surface area contributed by atoms with Crippen molar-refractivity contribution < 1.29 is 32.6 Å². The van der Waals surface area contributed by atoms with Crippen LogP contribution in [0, 0.1) is 23.2 Å². The van der Waals surface area contributed by atoms with Gasteiger partial charge in [-0.05, 0) is 147 Å². The SMILES string of the molecule is CC1(C)O[C@@H]2[C@H](O1)[C@@H](COC(=O)CCCCCCC[C@H]1C[C@H]3[C@@H]4CCc5cc(O[Si](C)(C)C(C)(C)C)ccc5[C@H]4CC[C@]3(C)[C@H]1O[Si](C)(C)C(C)(C)C)O[C@H]2n1cnc2c(N)ncnc21. The first kappa shape index (κ1) is 48.6. The highest BCUT2D eigenvalue weighted by Gasteiger charge is 2.60. The molecule has 2 aromatic heterocycles. The Morgan fingerprint density at radius 1 is 0.908 bits per heavy atom. The number of nitrogens with zero attached hydrogens (tertiary/aromatic N) is 4. The van der Waals surface area contributed by atoms with Crippen LogP contribution in [0.1, 0.15) is 156 Å². The minimum atomic E-state index is -2.00. The van der Waals surface area contributed by atoms with Crippen LogP contribution in [0.5, 0.6) is 5.75 Å². The molecular weight excluding hydrogens is 851 g/mol. The molecule has 3 aromatic rings. The van der Waals surface area contributed by atoms with Gasteiger partial charge in [-0.25, -0.2) is 15.0 Å². The van der Waals surface area contributed by atoms with Crippen LogP contribution in [-0.4, -0.2) is 78.9 Å². The van der Waals surface area contributed by atoms with Crippen molar-refractivity contribution in [2.75, 3.05) is 12.3 Å². The number of anilines is 1. The second kappa shape index (κ2) is 17.9. The number of carbonyl (C=O) groups is 1. The quantitative estimate of drug-likeness (QED) is 0.0884. The Balaban J connectivity index is 0.831. The maximum atomic E-state index is 13.0. The summed E-state index contributed by atoms with van der Waals surface area (Å²) in [7, 11) is -3.90. The molecule has 360 valence electrons. The summed E-state index contributed by atoms with van der Waals surface area (Å²) in [6.45, 7) is 30.2. The minimum absolute atomic E-state index is 0.0839. The van der Waals surface area contributed by atoms with E-state index in [0.717, 1.165) is 31.4 Å². The van der Waals surface area contributed by atoms with E-state index >= 15 is 0 Å². The molecule has 5 aliphatic rings. The molecular formula is C51H81N5O7Si2. The van der Waals surface area contributed by atoms with Gasteiger partial charge in [-0.15, -0.1) is 0 Å². The van der Waals surface area contributed by atoms with Crippen LogP contribution in [0.25, 0.3) is 11.2 Å². The Hall–Kier alpha value is -2.89. The van der Waals surface area contributed by atoms with Crippen LogP contribution in [0.4, 0.5) is 5.82 Å². The molecule has 4 heterocycles. The molecule has 2 saturated heterocycles. The number of aromatic nitrogens is 4. The van der Waals surface area contributed by atoms with Crippen LogP contribution in [0.15, 0.2) is 30.9 Å². The minimum Gasteiger partial charge on any atom is -0.543 e. The standard InChI is InChI=1S/C51H81N5O7Si2/c1-48(2,3)64(10,11)62-34-22-24-35-32(27-34)21-23-37-36(35)25-26-51(9)38(37)28-33(44(51)63-65(12,13)49(4,5)6)19-17-15-14-16-18-20-40(57)58-29-39-42-43(61-50(7,8)60-42)47(59-39)56-31-55-41-45(52)53-30-54-46(41)56/h22,24,27,30-31,33,36-39,42-44,47H,14-21,23,25-26,28-29H2,1-13H3,(H2,52,53,54)/t33-,36+,37+,38-,39+,42+,43+,44-,47+,51-/m0/s1. The Morgan fingerprint density at radius 3 is 2.35 bits per heavy atom. The van der Waals surface area contributed by atoms with E-state index in [1.54, 1.807) is 16.5 Å². The molecule has 2 N–H and O–H groups in total. The molecule has 2 aliphatic heterocycles. The number of hydrogen-bond acceptors (Lipinski definition) is 11. The van der Waals surface area contributed by atoms with Crippen molar-refractivity contribution in [2.24, 2.45) is 23.2 Å². The fourth-order valence-corrected chi connectivity index (χ4v) is 14.2. The van der Waals surface area contributed by atoms with E-state index in [0.29, 0.717) is 53.2 Å². The highest BCUT2D eigenvalue weighted by atomic mass is 28.4. The molecule has 4 fully saturated rings. The van der Waals surface area contributed by atoms with E-state index in [-0.39, 0.29) is 28.1 Å². The van der Waals surface area contributed by atoms with E-state index < -0.39 is 47.0 Å². The van der Waals surface area contributed by atoms with Crippen molar-refractivity contribution >= 4 is 39.6 Å². The lowest BCUT2D eigenvalue weighted by molar-refractivity contribution is -0.202. The Morgan fingerprint density at radius 2 is 1.62 bits per heavy atom. The van der Waals surface area contributed by atoms with Gasteiger partial charge in [0.05, 0.1) is 12.4 Å². The summed E-state index contributed by atoms with van der Waals surface area (Å²) in [6.07, 6.45) is 14.6. The zero-order valence-corrected chi connectivity index (χ0v) is 44.0. The first-order chi connectivity index (χ1) is 30.4. The van der Waals surface area contributed by atoms with E-state index in [4.69, 9.17) is 33.5 Å². The van der Waals surface area contributed by atoms with Crippen LogP contribution in [0.2, 0.25) is 36.3 Å². The highest BCUT2D eigenvalue weighted by Crippen LogP contribution is 2.64. The molecule has 8 rings (SSSR count). The summed E-state index contributed by atoms with van der Waals surface area (Å²) in [5.74, 6) is 2.97. The Bertz CT molecular complexity index is 2180. The summed E-state index contributed by atoms with van der Waals surface area (Å²) in [6, 6.07) is 7.13. The number of aryl methyl sites for hydroxylation is 1. The molecule has 1 aromatic carbocycles. The molecule has 0 unspecified atom stereocenters. The van der Waals surface area contributed by atoms with Crippen molar-refractivity contribution in [1.82, 2.24) is 19.5 Å². The third-order valence-corrected chi connectivity index (χ3v) is 26.1. The van der Waals surface area contributed by atoms with Crippen molar-refractivity contribution in [1.29, 1.82) is 0 Å². The van der Waals surface area contributed by atoms with Gasteiger partial charge < -0.3 is 33.5 Å². The number of esters is 1. The average Bonchev–Trinajstić information content (AvgIpc) is 3.94. The average molecular weight is 932 g/mol. The summed E-state index contributed by atoms with van der Waals surface area (Å²) < 4.78 is 40.9. The van der Waals surface area contributed by atoms with Gasteiger partial charge in [0.15, 0.2) is 31.8 Å². The predicted molar refractivity (Wildman–Crippen MR) is 261 cm³/mol. The van der Waals surface area contributed by atoms with Gasteiger partial charge in [0.25, 0.3) is 0 Å². The number of hydrogen-bond donors (Lipinski definition) is 1. The molecule has 12 nitrogen and oxygen atoms in total. The van der Waals surface area contributed by atoms with Crippen LogP contribution < -0.4 is 10.2 Å². The molecule has 0 spiro atoms. The first-order valence-corrected chi connectivity index (χ1v) is 30.8. The maximum absolute atomic E-state index is 13.0. The van der Waals surface area contributed by atoms with Crippen molar-refractivity contribution in [2.45, 2.75) is 218 Å². The summed E-state index contributed by atoms with van der Waals surface area (Å²) in [4.78, 5) is 25.9. The van der Waals surface area contributed by atoms with Crippen molar-refractivity contribution in [3.8, 4) is 5.75 Å². The number of carbonyl (C=O) groups excluding carboxylic acids is 1. The summed E-state index contributed by atoms with van der Waals surface area (Å²) in [5.41, 5.74) is 10.4. The number of unbranched alkanes of at least 4 members (excludes halogenated alkanes) is 4. The van der Waals surface area contributed by atoms with E-state index in [1.165, 1.54) is 56.8 Å². The first-order valence-electron chi connectivity index (χ1n) is 25.0. The fraction of sp³-hybridized carbons (Fsp3) is 0.765. The highest BCUT2D eigenvalue weighted by molar-refractivity contribution is 6.75. The zero-order chi connectivity index (χ0) is 46.9. The smallest absolute Gasteiger partial charge is 0.305 e. The topological polar surface area (TPSA) is 142 Å². The van der Waals surface area contributed by atoms with Crippen LogP contribution in [-0.2, 0) is 34.6 Å². The third-order valence-electron chi connectivity index (χ3n) is 17.3. The lowest BCUT2D eigenvalue weighted by atomic mass is 9.55. The van der Waals surface area contributed by atoms with Gasteiger partial charge in [0.1, 0.15) is 42.5 Å². The number of nitrogen functional groups attached to an aromatic ring is 1. The lowest BCUT2D eigenvalue weighted by Gasteiger charge is -2.52. The van der Waals surface area contributed by atoms with Crippen LogP contribution in [0.3, 0.4) is 0 Å². The number of benzene rings is 1. The Kier molecular flexibility index (Phi) is 13.4. The second-order valence-electron chi connectivity index (χ2n) is 24.2. The monoisotopic (exact) mass is 932 g/mol. The predicted octanol–water partition coefficient (Wildman–Crippen LogP) is 11.7. The largest absolute Gasteiger partial charge is 0.543 e. The molecule has 65 heavy (non-hydrogen) atoms. The number of rotatable bonds is 15. The van der Waals surface area contributed by atoms with Gasteiger partial charge in [-0.2, -0.15) is 0 Å². The molecule has 10 atom stereocenters. The number of imidazole rings is 1. The number of ether oxygens (including phenoxy) is 4. The summed E-state index contributed by atoms with van der Waals surface area (Å²) in [5, 5.41) is 0.347. The van der Waals surface area contributed by atoms with Gasteiger partial charge in [0, 0.05) is 6.42 Å². The molecule has 14 heteroatoms. The van der Waals surface area contributed by atoms with Gasteiger partial charge in [-0.1, -0.05) is 80.2 Å². The normalized spacial score (nSPS) is 31.1. The molecule has 0 radical (unpaired) electrons. The van der Waals surface area contributed by atoms with Crippen molar-refractivity contribution in [3.63, 3.8) is 0 Å². The lowest BCUT2D eigenvalue weighted by Crippen LogP contribution is -2.51. The Labute approximate surface area is 391 Å². The molecule has 3 aliphatic carbocycles. The number of fused-ring (bicyclic) bond motifs is 7. The van der Waals surface area contributed by atoms with E-state index in [2.05, 4.69) is 108 Å². The zero-order valence-electron chi connectivity index (χ0n) is 42.0. The van der Waals surface area contributed by atoms with Gasteiger partial charge in [-0.3, -0.25) is 9.36 Å². The van der Waals surface area contributed by atoms with Gasteiger partial charge in [0.2, 0.25) is 8.32 Å². The van der Waals surface area contributed by atoms with Crippen LogP contribution >= 0.6 is 0 Å². The third kappa shape index (κ3) is 9.60. The van der Waals surface area contributed by atoms with E-state index in [9.17, 15) is 4.79 Å².